The highest BCUT2D eigenvalue weighted by Gasteiger charge is 2.28. The van der Waals surface area contributed by atoms with Crippen molar-refractivity contribution in [1.29, 1.82) is 0 Å². The number of rotatable bonds is 7. The maximum absolute atomic E-state index is 13.3. The number of anilines is 2. The molecule has 31 heavy (non-hydrogen) atoms. The predicted molar refractivity (Wildman–Crippen MR) is 127 cm³/mol. The SMILES string of the molecule is CN1CCN(S(=O)(=O)c2ccc(NC3CCCCC3)c(NCc3ccccc3)c2)CC1. The van der Waals surface area contributed by atoms with Gasteiger partial charge in [-0.3, -0.25) is 0 Å². The van der Waals surface area contributed by atoms with Crippen LogP contribution < -0.4 is 10.6 Å². The van der Waals surface area contributed by atoms with Gasteiger partial charge in [-0.2, -0.15) is 4.31 Å². The number of nitrogens with zero attached hydrogens (tertiary/aromatic N) is 2. The molecule has 2 aromatic carbocycles. The van der Waals surface area contributed by atoms with E-state index < -0.39 is 10.0 Å². The van der Waals surface area contributed by atoms with Crippen molar-refractivity contribution >= 4 is 21.4 Å². The third-order valence-electron chi connectivity index (χ3n) is 6.38. The van der Waals surface area contributed by atoms with Gasteiger partial charge < -0.3 is 15.5 Å². The smallest absolute Gasteiger partial charge is 0.243 e. The lowest BCUT2D eigenvalue weighted by Gasteiger charge is -2.32. The average molecular weight is 443 g/mol. The molecule has 0 amide bonds. The van der Waals surface area contributed by atoms with E-state index in [-0.39, 0.29) is 0 Å². The summed E-state index contributed by atoms with van der Waals surface area (Å²) in [6.07, 6.45) is 6.14. The van der Waals surface area contributed by atoms with Gasteiger partial charge in [-0.25, -0.2) is 8.42 Å². The van der Waals surface area contributed by atoms with Crippen LogP contribution >= 0.6 is 0 Å². The highest BCUT2D eigenvalue weighted by atomic mass is 32.2. The average Bonchev–Trinajstić information content (AvgIpc) is 2.80. The second-order valence-corrected chi connectivity index (χ2v) is 10.7. The predicted octanol–water partition coefficient (Wildman–Crippen LogP) is 3.98. The molecular formula is C24H34N4O2S. The second-order valence-electron chi connectivity index (χ2n) is 8.73. The van der Waals surface area contributed by atoms with Gasteiger partial charge in [0.15, 0.2) is 0 Å². The molecule has 7 heteroatoms. The fourth-order valence-electron chi connectivity index (χ4n) is 4.39. The van der Waals surface area contributed by atoms with E-state index in [1.54, 1.807) is 10.4 Å². The summed E-state index contributed by atoms with van der Waals surface area (Å²) in [6, 6.07) is 16.1. The van der Waals surface area contributed by atoms with Gasteiger partial charge in [0.05, 0.1) is 16.3 Å². The van der Waals surface area contributed by atoms with Gasteiger partial charge >= 0.3 is 0 Å². The van der Waals surface area contributed by atoms with E-state index in [1.165, 1.54) is 37.7 Å². The summed E-state index contributed by atoms with van der Waals surface area (Å²) in [4.78, 5) is 2.53. The standard InChI is InChI=1S/C24H34N4O2S/c1-27-14-16-28(17-15-27)31(29,30)22-12-13-23(26-21-10-6-3-7-11-21)24(18-22)25-19-20-8-4-2-5-9-20/h2,4-5,8-9,12-13,18,21,25-26H,3,6-7,10-11,14-17,19H2,1H3. The fourth-order valence-corrected chi connectivity index (χ4v) is 5.84. The molecule has 1 heterocycles. The molecule has 4 rings (SSSR count). The maximum Gasteiger partial charge on any atom is 0.243 e. The van der Waals surface area contributed by atoms with Crippen molar-refractivity contribution < 1.29 is 8.42 Å². The number of piperazine rings is 1. The Balaban J connectivity index is 1.57. The minimum absolute atomic E-state index is 0.363. The molecule has 1 saturated heterocycles. The van der Waals surface area contributed by atoms with Crippen LogP contribution in [0.25, 0.3) is 0 Å². The molecule has 0 aromatic heterocycles. The van der Waals surface area contributed by atoms with Gasteiger partial charge in [0.1, 0.15) is 0 Å². The molecule has 0 bridgehead atoms. The van der Waals surface area contributed by atoms with E-state index in [9.17, 15) is 8.42 Å². The Bertz CT molecular complexity index is 951. The molecule has 1 saturated carbocycles. The van der Waals surface area contributed by atoms with Crippen molar-refractivity contribution in [3.05, 3.63) is 54.1 Å². The largest absolute Gasteiger partial charge is 0.381 e. The number of benzene rings is 2. The molecule has 1 aliphatic heterocycles. The van der Waals surface area contributed by atoms with Crippen LogP contribution in [-0.4, -0.2) is 56.9 Å². The van der Waals surface area contributed by atoms with Crippen LogP contribution in [0.15, 0.2) is 53.4 Å². The van der Waals surface area contributed by atoms with E-state index in [0.717, 1.165) is 24.5 Å². The highest BCUT2D eigenvalue weighted by molar-refractivity contribution is 7.89. The van der Waals surface area contributed by atoms with Crippen LogP contribution in [0.2, 0.25) is 0 Å². The molecule has 2 aromatic rings. The molecular weight excluding hydrogens is 408 g/mol. The van der Waals surface area contributed by atoms with Crippen molar-refractivity contribution in [2.45, 2.75) is 49.6 Å². The Morgan fingerprint density at radius 1 is 0.903 bits per heavy atom. The van der Waals surface area contributed by atoms with Crippen molar-refractivity contribution in [3.63, 3.8) is 0 Å². The third kappa shape index (κ3) is 5.59. The van der Waals surface area contributed by atoms with Crippen molar-refractivity contribution in [1.82, 2.24) is 9.21 Å². The third-order valence-corrected chi connectivity index (χ3v) is 8.28. The molecule has 2 aliphatic rings. The summed E-state index contributed by atoms with van der Waals surface area (Å²) in [6.45, 7) is 3.25. The van der Waals surface area contributed by atoms with Gasteiger partial charge in [-0.15, -0.1) is 0 Å². The molecule has 2 N–H and O–H groups in total. The Morgan fingerprint density at radius 2 is 1.61 bits per heavy atom. The number of hydrogen-bond donors (Lipinski definition) is 2. The summed E-state index contributed by atoms with van der Waals surface area (Å²) in [5.41, 5.74) is 3.00. The molecule has 1 aliphatic carbocycles. The summed E-state index contributed by atoms with van der Waals surface area (Å²) in [5.74, 6) is 0. The van der Waals surface area contributed by atoms with E-state index in [4.69, 9.17) is 0 Å². The minimum atomic E-state index is -3.50. The number of likely N-dealkylation sites (N-methyl/N-ethyl adjacent to an activating group) is 1. The quantitative estimate of drug-likeness (QED) is 0.679. The van der Waals surface area contributed by atoms with Crippen molar-refractivity contribution in [2.75, 3.05) is 43.9 Å². The maximum atomic E-state index is 13.3. The molecule has 0 spiro atoms. The van der Waals surface area contributed by atoms with Gasteiger partial charge in [0.25, 0.3) is 0 Å². The van der Waals surface area contributed by atoms with E-state index in [0.29, 0.717) is 30.6 Å². The Labute approximate surface area is 186 Å². The van der Waals surface area contributed by atoms with E-state index >= 15 is 0 Å². The first-order valence-electron chi connectivity index (χ1n) is 11.4. The summed E-state index contributed by atoms with van der Waals surface area (Å²) >= 11 is 0. The number of hydrogen-bond acceptors (Lipinski definition) is 5. The minimum Gasteiger partial charge on any atom is -0.381 e. The van der Waals surface area contributed by atoms with Gasteiger partial charge in [-0.1, -0.05) is 49.6 Å². The zero-order valence-electron chi connectivity index (χ0n) is 18.4. The lowest BCUT2D eigenvalue weighted by Crippen LogP contribution is -2.47. The van der Waals surface area contributed by atoms with E-state index in [1.807, 2.05) is 37.4 Å². The first-order chi connectivity index (χ1) is 15.0. The lowest BCUT2D eigenvalue weighted by atomic mass is 9.95. The van der Waals surface area contributed by atoms with Crippen LogP contribution in [0.1, 0.15) is 37.7 Å². The molecule has 0 unspecified atom stereocenters. The number of sulfonamides is 1. The summed E-state index contributed by atoms with van der Waals surface area (Å²) < 4.78 is 28.2. The van der Waals surface area contributed by atoms with Crippen LogP contribution in [0.3, 0.4) is 0 Å². The van der Waals surface area contributed by atoms with Gasteiger partial charge in [0, 0.05) is 38.8 Å². The Hall–Kier alpha value is -2.09. The second kappa shape index (κ2) is 10.0. The van der Waals surface area contributed by atoms with Crippen molar-refractivity contribution in [3.8, 4) is 0 Å². The molecule has 0 atom stereocenters. The van der Waals surface area contributed by atoms with Crippen LogP contribution in [0.5, 0.6) is 0 Å². The van der Waals surface area contributed by atoms with E-state index in [2.05, 4.69) is 27.7 Å². The lowest BCUT2D eigenvalue weighted by molar-refractivity contribution is 0.222. The first kappa shape index (κ1) is 22.1. The van der Waals surface area contributed by atoms with Gasteiger partial charge in [0.2, 0.25) is 10.0 Å². The first-order valence-corrected chi connectivity index (χ1v) is 12.8. The monoisotopic (exact) mass is 442 g/mol. The summed E-state index contributed by atoms with van der Waals surface area (Å²) in [7, 11) is -1.47. The van der Waals surface area contributed by atoms with Crippen molar-refractivity contribution in [2.24, 2.45) is 0 Å². The topological polar surface area (TPSA) is 64.7 Å². The molecule has 6 nitrogen and oxygen atoms in total. The zero-order valence-corrected chi connectivity index (χ0v) is 19.2. The number of nitrogens with one attached hydrogen (secondary N) is 2. The fraction of sp³-hybridized carbons (Fsp3) is 0.500. The molecule has 2 fully saturated rings. The molecule has 168 valence electrons. The van der Waals surface area contributed by atoms with Crippen LogP contribution in [-0.2, 0) is 16.6 Å². The molecule has 0 radical (unpaired) electrons. The Morgan fingerprint density at radius 3 is 2.32 bits per heavy atom. The highest BCUT2D eigenvalue weighted by Crippen LogP contribution is 2.31. The summed E-state index contributed by atoms with van der Waals surface area (Å²) in [5, 5.41) is 7.16. The van der Waals surface area contributed by atoms with Crippen LogP contribution in [0.4, 0.5) is 11.4 Å². The Kier molecular flexibility index (Phi) is 7.15. The normalized spacial score (nSPS) is 19.3. The van der Waals surface area contributed by atoms with Crippen LogP contribution in [0, 0.1) is 0 Å². The van der Waals surface area contributed by atoms with Gasteiger partial charge in [-0.05, 0) is 43.7 Å². The zero-order chi connectivity index (χ0) is 21.7.